The van der Waals surface area contributed by atoms with Gasteiger partial charge in [0.1, 0.15) is 5.15 Å². The maximum absolute atomic E-state index is 10.6. The Hall–Kier alpha value is -0.540. The van der Waals surface area contributed by atoms with Gasteiger partial charge in [-0.3, -0.25) is 4.68 Å². The molecule has 0 aromatic carbocycles. The molecule has 1 aliphatic rings. The predicted octanol–water partition coefficient (Wildman–Crippen LogP) is 3.49. The lowest BCUT2D eigenvalue weighted by atomic mass is 9.73. The molecule has 1 heterocycles. The lowest BCUT2D eigenvalue weighted by Gasteiger charge is -2.34. The summed E-state index contributed by atoms with van der Waals surface area (Å²) in [5.74, 6) is 1.68. The van der Waals surface area contributed by atoms with Crippen LogP contribution in [0.1, 0.15) is 50.5 Å². The van der Waals surface area contributed by atoms with Crippen LogP contribution in [0.15, 0.2) is 0 Å². The molecule has 0 spiro atoms. The minimum Gasteiger partial charge on any atom is -0.388 e. The van der Waals surface area contributed by atoms with Crippen LogP contribution in [0.5, 0.6) is 0 Å². The Morgan fingerprint density at radius 1 is 1.28 bits per heavy atom. The molecule has 0 saturated heterocycles. The van der Waals surface area contributed by atoms with Crippen LogP contribution in [0.2, 0.25) is 5.15 Å². The van der Waals surface area contributed by atoms with Crippen molar-refractivity contribution in [2.75, 3.05) is 0 Å². The molecule has 18 heavy (non-hydrogen) atoms. The van der Waals surface area contributed by atoms with Crippen molar-refractivity contribution in [1.82, 2.24) is 9.78 Å². The number of hydrogen-bond acceptors (Lipinski definition) is 2. The van der Waals surface area contributed by atoms with Gasteiger partial charge in [0, 0.05) is 12.6 Å². The molecule has 1 aromatic rings. The highest BCUT2D eigenvalue weighted by atomic mass is 35.5. The van der Waals surface area contributed by atoms with E-state index in [9.17, 15) is 5.11 Å². The summed E-state index contributed by atoms with van der Waals surface area (Å²) in [6.07, 6.45) is 2.95. The predicted molar refractivity (Wildman–Crippen MR) is 73.6 cm³/mol. The van der Waals surface area contributed by atoms with Crippen LogP contribution < -0.4 is 0 Å². The normalized spacial score (nSPS) is 30.4. The van der Waals surface area contributed by atoms with Crippen molar-refractivity contribution in [2.45, 2.75) is 46.1 Å². The first-order chi connectivity index (χ1) is 8.40. The monoisotopic (exact) mass is 270 g/mol. The van der Waals surface area contributed by atoms with Crippen LogP contribution in [0.4, 0.5) is 0 Å². The van der Waals surface area contributed by atoms with E-state index in [-0.39, 0.29) is 0 Å². The van der Waals surface area contributed by atoms with E-state index >= 15 is 0 Å². The van der Waals surface area contributed by atoms with Crippen molar-refractivity contribution in [1.29, 1.82) is 0 Å². The zero-order valence-corrected chi connectivity index (χ0v) is 12.4. The molecular weight excluding hydrogens is 248 g/mol. The molecule has 1 aromatic heterocycles. The minimum absolute atomic E-state index is 0.309. The molecule has 0 amide bonds. The molecule has 0 bridgehead atoms. The molecular formula is C14H23ClN2O. The quantitative estimate of drug-likeness (QED) is 0.893. The number of nitrogens with zero attached hydrogens (tertiary/aromatic N) is 2. The second-order valence-corrected chi connectivity index (χ2v) is 6.39. The number of halogens is 1. The van der Waals surface area contributed by atoms with Crippen molar-refractivity contribution in [3.8, 4) is 0 Å². The van der Waals surface area contributed by atoms with Crippen molar-refractivity contribution < 1.29 is 5.11 Å². The molecule has 3 unspecified atom stereocenters. The Morgan fingerprint density at radius 2 is 1.83 bits per heavy atom. The first-order valence-corrected chi connectivity index (χ1v) is 7.15. The van der Waals surface area contributed by atoms with Gasteiger partial charge in [0.25, 0.3) is 0 Å². The van der Waals surface area contributed by atoms with Crippen molar-refractivity contribution in [3.05, 3.63) is 16.4 Å². The van der Waals surface area contributed by atoms with E-state index in [2.05, 4.69) is 18.9 Å². The fourth-order valence-electron chi connectivity index (χ4n) is 3.49. The maximum atomic E-state index is 10.6. The summed E-state index contributed by atoms with van der Waals surface area (Å²) in [6.45, 7) is 6.46. The largest absolute Gasteiger partial charge is 0.388 e. The molecule has 1 fully saturated rings. The highest BCUT2D eigenvalue weighted by molar-refractivity contribution is 6.30. The molecule has 3 nitrogen and oxygen atoms in total. The third-order valence-electron chi connectivity index (χ3n) is 4.15. The highest BCUT2D eigenvalue weighted by Crippen LogP contribution is 2.41. The summed E-state index contributed by atoms with van der Waals surface area (Å²) in [5, 5.41) is 15.5. The van der Waals surface area contributed by atoms with Gasteiger partial charge in [0.05, 0.1) is 11.8 Å². The maximum Gasteiger partial charge on any atom is 0.132 e. The van der Waals surface area contributed by atoms with Gasteiger partial charge in [-0.05, 0) is 43.9 Å². The second-order valence-electron chi connectivity index (χ2n) is 6.04. The Morgan fingerprint density at radius 3 is 2.28 bits per heavy atom. The molecule has 1 aliphatic carbocycles. The summed E-state index contributed by atoms with van der Waals surface area (Å²) in [6, 6.07) is 0. The van der Waals surface area contributed by atoms with E-state index in [1.54, 1.807) is 4.68 Å². The fourth-order valence-corrected chi connectivity index (χ4v) is 3.77. The van der Waals surface area contributed by atoms with Crippen LogP contribution in [0.3, 0.4) is 0 Å². The van der Waals surface area contributed by atoms with Crippen LogP contribution in [0, 0.1) is 24.7 Å². The van der Waals surface area contributed by atoms with Gasteiger partial charge in [-0.15, -0.1) is 0 Å². The van der Waals surface area contributed by atoms with E-state index in [0.29, 0.717) is 22.9 Å². The zero-order chi connectivity index (χ0) is 13.4. The number of aryl methyl sites for hydroxylation is 2. The standard InChI is InChI=1S/C14H23ClN2O/c1-8-5-9(2)7-11(6-8)13(18)12-10(3)16-17(4)14(12)15/h8-9,11,13,18H,5-7H2,1-4H3. The topological polar surface area (TPSA) is 38.0 Å². The van der Waals surface area contributed by atoms with Gasteiger partial charge in [-0.1, -0.05) is 25.4 Å². The van der Waals surface area contributed by atoms with Gasteiger partial charge in [-0.2, -0.15) is 5.10 Å². The van der Waals surface area contributed by atoms with Crippen molar-refractivity contribution in [2.24, 2.45) is 24.8 Å². The summed E-state index contributed by atoms with van der Waals surface area (Å²) >= 11 is 6.24. The number of aromatic nitrogens is 2. The number of aliphatic hydroxyl groups is 1. The molecule has 4 heteroatoms. The number of hydrogen-bond donors (Lipinski definition) is 1. The first-order valence-electron chi connectivity index (χ1n) is 6.77. The highest BCUT2D eigenvalue weighted by Gasteiger charge is 2.32. The lowest BCUT2D eigenvalue weighted by Crippen LogP contribution is -2.25. The molecule has 1 N–H and O–H groups in total. The average molecular weight is 271 g/mol. The van der Waals surface area contributed by atoms with Crippen LogP contribution in [-0.2, 0) is 7.05 Å². The Labute approximate surface area is 114 Å². The SMILES string of the molecule is Cc1nn(C)c(Cl)c1C(O)C1CC(C)CC(C)C1. The summed E-state index contributed by atoms with van der Waals surface area (Å²) < 4.78 is 1.64. The minimum atomic E-state index is -0.476. The Kier molecular flexibility index (Phi) is 4.02. The van der Waals surface area contributed by atoms with Gasteiger partial charge in [0.2, 0.25) is 0 Å². The molecule has 2 rings (SSSR count). The third kappa shape index (κ3) is 2.57. The summed E-state index contributed by atoms with van der Waals surface area (Å²) in [4.78, 5) is 0. The summed E-state index contributed by atoms with van der Waals surface area (Å²) in [7, 11) is 1.82. The first kappa shape index (κ1) is 13.9. The molecule has 0 aliphatic heterocycles. The Balaban J connectivity index is 2.22. The van der Waals surface area contributed by atoms with Gasteiger partial charge in [0.15, 0.2) is 0 Å². The van der Waals surface area contributed by atoms with Gasteiger partial charge in [-0.25, -0.2) is 0 Å². The second kappa shape index (κ2) is 5.22. The number of rotatable bonds is 2. The lowest BCUT2D eigenvalue weighted by molar-refractivity contribution is 0.0548. The van der Waals surface area contributed by atoms with Gasteiger partial charge < -0.3 is 5.11 Å². The van der Waals surface area contributed by atoms with E-state index in [0.717, 1.165) is 24.1 Å². The smallest absolute Gasteiger partial charge is 0.132 e. The fraction of sp³-hybridized carbons (Fsp3) is 0.786. The van der Waals surface area contributed by atoms with E-state index in [4.69, 9.17) is 11.6 Å². The van der Waals surface area contributed by atoms with E-state index in [1.807, 2.05) is 14.0 Å². The molecule has 102 valence electrons. The van der Waals surface area contributed by atoms with Crippen molar-refractivity contribution in [3.63, 3.8) is 0 Å². The third-order valence-corrected chi connectivity index (χ3v) is 4.60. The van der Waals surface area contributed by atoms with Crippen LogP contribution >= 0.6 is 11.6 Å². The number of aliphatic hydroxyl groups excluding tert-OH is 1. The Bertz CT molecular complexity index is 420. The molecule has 0 radical (unpaired) electrons. The average Bonchev–Trinajstić information content (AvgIpc) is 2.51. The van der Waals surface area contributed by atoms with E-state index < -0.39 is 6.10 Å². The van der Waals surface area contributed by atoms with Crippen LogP contribution in [-0.4, -0.2) is 14.9 Å². The molecule has 3 atom stereocenters. The summed E-state index contributed by atoms with van der Waals surface area (Å²) in [5.41, 5.74) is 1.67. The van der Waals surface area contributed by atoms with Crippen LogP contribution in [0.25, 0.3) is 0 Å². The van der Waals surface area contributed by atoms with Gasteiger partial charge >= 0.3 is 0 Å². The van der Waals surface area contributed by atoms with Crippen molar-refractivity contribution >= 4 is 11.6 Å². The molecule has 1 saturated carbocycles. The van der Waals surface area contributed by atoms with E-state index in [1.165, 1.54) is 6.42 Å². The zero-order valence-electron chi connectivity index (χ0n) is 11.7.